The summed E-state index contributed by atoms with van der Waals surface area (Å²) in [5.41, 5.74) is 0. The summed E-state index contributed by atoms with van der Waals surface area (Å²) in [6.07, 6.45) is 1.61. The van der Waals surface area contributed by atoms with E-state index in [-0.39, 0.29) is 12.3 Å². The number of sulfonamides is 1. The molecular formula is C9H15N3O3S. The highest BCUT2D eigenvalue weighted by Crippen LogP contribution is 2.19. The van der Waals surface area contributed by atoms with Crippen molar-refractivity contribution in [3.63, 3.8) is 0 Å². The van der Waals surface area contributed by atoms with Gasteiger partial charge in [-0.25, -0.2) is 18.1 Å². The molecule has 0 amide bonds. The van der Waals surface area contributed by atoms with Crippen LogP contribution in [0.3, 0.4) is 0 Å². The minimum atomic E-state index is -3.19. The SMILES string of the molecule is CNS(=O)(=O)CCNc1ncccc1OC. The van der Waals surface area contributed by atoms with Gasteiger partial charge in [0.05, 0.1) is 12.9 Å². The number of nitrogens with one attached hydrogen (secondary N) is 2. The Kier molecular flexibility index (Phi) is 4.51. The molecule has 6 nitrogen and oxygen atoms in total. The van der Waals surface area contributed by atoms with Gasteiger partial charge in [-0.3, -0.25) is 0 Å². The summed E-state index contributed by atoms with van der Waals surface area (Å²) in [6, 6.07) is 3.50. The Morgan fingerprint density at radius 3 is 2.88 bits per heavy atom. The molecule has 1 aromatic heterocycles. The van der Waals surface area contributed by atoms with Crippen LogP contribution in [0.25, 0.3) is 0 Å². The lowest BCUT2D eigenvalue weighted by molar-refractivity contribution is 0.415. The highest BCUT2D eigenvalue weighted by atomic mass is 32.2. The van der Waals surface area contributed by atoms with Crippen molar-refractivity contribution >= 4 is 15.8 Å². The van der Waals surface area contributed by atoms with E-state index in [1.165, 1.54) is 14.2 Å². The Balaban J connectivity index is 2.55. The maximum Gasteiger partial charge on any atom is 0.213 e. The first-order valence-electron chi connectivity index (χ1n) is 4.73. The van der Waals surface area contributed by atoms with Gasteiger partial charge in [0.25, 0.3) is 0 Å². The van der Waals surface area contributed by atoms with E-state index in [1.54, 1.807) is 18.3 Å². The smallest absolute Gasteiger partial charge is 0.213 e. The van der Waals surface area contributed by atoms with Crippen molar-refractivity contribution < 1.29 is 13.2 Å². The quantitative estimate of drug-likeness (QED) is 0.740. The summed E-state index contributed by atoms with van der Waals surface area (Å²) in [5, 5.41) is 2.90. The topological polar surface area (TPSA) is 80.3 Å². The second kappa shape index (κ2) is 5.66. The molecule has 16 heavy (non-hydrogen) atoms. The molecule has 0 atom stereocenters. The molecule has 0 aliphatic rings. The lowest BCUT2D eigenvalue weighted by atomic mass is 10.4. The zero-order valence-electron chi connectivity index (χ0n) is 9.23. The van der Waals surface area contributed by atoms with E-state index in [1.807, 2.05) is 0 Å². The molecule has 0 unspecified atom stereocenters. The van der Waals surface area contributed by atoms with E-state index in [9.17, 15) is 8.42 Å². The van der Waals surface area contributed by atoms with Crippen LogP contribution in [0.1, 0.15) is 0 Å². The van der Waals surface area contributed by atoms with Crippen LogP contribution in [0.5, 0.6) is 5.75 Å². The summed E-state index contributed by atoms with van der Waals surface area (Å²) in [4.78, 5) is 4.04. The average molecular weight is 245 g/mol. The third-order valence-electron chi connectivity index (χ3n) is 1.96. The van der Waals surface area contributed by atoms with Gasteiger partial charge in [-0.2, -0.15) is 0 Å². The molecular weight excluding hydrogens is 230 g/mol. The van der Waals surface area contributed by atoms with Crippen molar-refractivity contribution in [2.45, 2.75) is 0 Å². The van der Waals surface area contributed by atoms with E-state index in [4.69, 9.17) is 4.74 Å². The van der Waals surface area contributed by atoms with Gasteiger partial charge in [-0.15, -0.1) is 0 Å². The maximum absolute atomic E-state index is 11.1. The van der Waals surface area contributed by atoms with Gasteiger partial charge in [0.15, 0.2) is 11.6 Å². The molecule has 1 aromatic rings. The van der Waals surface area contributed by atoms with Crippen molar-refractivity contribution in [2.24, 2.45) is 0 Å². The second-order valence-corrected chi connectivity index (χ2v) is 5.05. The molecule has 0 spiro atoms. The average Bonchev–Trinajstić information content (AvgIpc) is 2.29. The van der Waals surface area contributed by atoms with Crippen molar-refractivity contribution in [2.75, 3.05) is 31.8 Å². The second-order valence-electron chi connectivity index (χ2n) is 3.00. The number of anilines is 1. The Hall–Kier alpha value is -1.34. The van der Waals surface area contributed by atoms with Crippen molar-refractivity contribution in [1.29, 1.82) is 0 Å². The third kappa shape index (κ3) is 3.67. The Morgan fingerprint density at radius 1 is 1.50 bits per heavy atom. The minimum Gasteiger partial charge on any atom is -0.493 e. The van der Waals surface area contributed by atoms with E-state index >= 15 is 0 Å². The van der Waals surface area contributed by atoms with Crippen molar-refractivity contribution in [1.82, 2.24) is 9.71 Å². The summed E-state index contributed by atoms with van der Waals surface area (Å²) in [6.45, 7) is 0.274. The summed E-state index contributed by atoms with van der Waals surface area (Å²) >= 11 is 0. The number of aromatic nitrogens is 1. The molecule has 0 saturated heterocycles. The van der Waals surface area contributed by atoms with Crippen LogP contribution in [0.2, 0.25) is 0 Å². The Morgan fingerprint density at radius 2 is 2.25 bits per heavy atom. The van der Waals surface area contributed by atoms with Crippen LogP contribution in [-0.2, 0) is 10.0 Å². The first-order chi connectivity index (χ1) is 7.59. The van der Waals surface area contributed by atoms with Gasteiger partial charge in [0.1, 0.15) is 0 Å². The number of methoxy groups -OCH3 is 1. The highest BCUT2D eigenvalue weighted by Gasteiger charge is 2.07. The molecule has 0 fully saturated rings. The molecule has 1 heterocycles. The van der Waals surface area contributed by atoms with Crippen molar-refractivity contribution in [3.8, 4) is 5.75 Å². The molecule has 0 aliphatic carbocycles. The molecule has 0 saturated carbocycles. The molecule has 90 valence electrons. The fraction of sp³-hybridized carbons (Fsp3) is 0.444. The predicted octanol–water partition coefficient (Wildman–Crippen LogP) is 0.0513. The van der Waals surface area contributed by atoms with Crippen molar-refractivity contribution in [3.05, 3.63) is 18.3 Å². The Bertz CT molecular complexity index is 433. The minimum absolute atomic E-state index is 0.0107. The van der Waals surface area contributed by atoms with Crippen LogP contribution in [-0.4, -0.2) is 39.9 Å². The van der Waals surface area contributed by atoms with E-state index in [0.717, 1.165) is 0 Å². The number of hydrogen-bond donors (Lipinski definition) is 2. The maximum atomic E-state index is 11.1. The monoisotopic (exact) mass is 245 g/mol. The van der Waals surface area contributed by atoms with E-state index in [0.29, 0.717) is 11.6 Å². The number of pyridine rings is 1. The van der Waals surface area contributed by atoms with Gasteiger partial charge >= 0.3 is 0 Å². The van der Waals surface area contributed by atoms with E-state index in [2.05, 4.69) is 15.0 Å². The lowest BCUT2D eigenvalue weighted by Crippen LogP contribution is -2.26. The fourth-order valence-corrected chi connectivity index (χ4v) is 1.67. The highest BCUT2D eigenvalue weighted by molar-refractivity contribution is 7.89. The van der Waals surface area contributed by atoms with Crippen LogP contribution >= 0.6 is 0 Å². The predicted molar refractivity (Wildman–Crippen MR) is 62.1 cm³/mol. The molecule has 0 bridgehead atoms. The summed E-state index contributed by atoms with van der Waals surface area (Å²) < 4.78 is 29.6. The zero-order valence-corrected chi connectivity index (χ0v) is 10.0. The number of ether oxygens (including phenoxy) is 1. The van der Waals surface area contributed by atoms with Gasteiger partial charge in [0, 0.05) is 12.7 Å². The first-order valence-corrected chi connectivity index (χ1v) is 6.38. The lowest BCUT2D eigenvalue weighted by Gasteiger charge is -2.09. The fourth-order valence-electron chi connectivity index (χ4n) is 1.09. The van der Waals surface area contributed by atoms with Crippen LogP contribution in [0.4, 0.5) is 5.82 Å². The molecule has 0 radical (unpaired) electrons. The molecule has 1 rings (SSSR count). The zero-order chi connectivity index (χ0) is 12.0. The number of nitrogens with zero attached hydrogens (tertiary/aromatic N) is 1. The van der Waals surface area contributed by atoms with Crippen LogP contribution in [0.15, 0.2) is 18.3 Å². The third-order valence-corrected chi connectivity index (χ3v) is 3.33. The summed E-state index contributed by atoms with van der Waals surface area (Å²) in [7, 11) is -0.270. The summed E-state index contributed by atoms with van der Waals surface area (Å²) in [5.74, 6) is 1.11. The van der Waals surface area contributed by atoms with E-state index < -0.39 is 10.0 Å². The number of hydrogen-bond acceptors (Lipinski definition) is 5. The first kappa shape index (κ1) is 12.7. The van der Waals surface area contributed by atoms with Gasteiger partial charge in [0.2, 0.25) is 10.0 Å². The number of rotatable bonds is 6. The molecule has 0 aromatic carbocycles. The van der Waals surface area contributed by atoms with Gasteiger partial charge < -0.3 is 10.1 Å². The van der Waals surface area contributed by atoms with Gasteiger partial charge in [-0.1, -0.05) is 0 Å². The van der Waals surface area contributed by atoms with Crippen LogP contribution < -0.4 is 14.8 Å². The largest absolute Gasteiger partial charge is 0.493 e. The van der Waals surface area contributed by atoms with Crippen LogP contribution in [0, 0.1) is 0 Å². The normalized spacial score (nSPS) is 11.1. The van der Waals surface area contributed by atoms with Gasteiger partial charge in [-0.05, 0) is 19.2 Å². The molecule has 0 aliphatic heterocycles. The molecule has 2 N–H and O–H groups in total. The molecule has 7 heteroatoms. The standard InChI is InChI=1S/C9H15N3O3S/c1-10-16(13,14)7-6-12-9-8(15-2)4-3-5-11-9/h3-5,10H,6-7H2,1-2H3,(H,11,12). The Labute approximate surface area is 95.1 Å².